The number of hydrogen-bond donors (Lipinski definition) is 1. The van der Waals surface area contributed by atoms with Crippen LogP contribution in [0.2, 0.25) is 0 Å². The number of aliphatic hydroxyl groups is 1. The van der Waals surface area contributed by atoms with Crippen molar-refractivity contribution in [1.29, 1.82) is 0 Å². The minimum absolute atomic E-state index is 0.268. The number of carbonyl (C=O) groups excluding carboxylic acids is 1. The van der Waals surface area contributed by atoms with Gasteiger partial charge in [-0.1, -0.05) is 19.0 Å². The summed E-state index contributed by atoms with van der Waals surface area (Å²) in [6.45, 7) is 7.07. The molecule has 0 bridgehead atoms. The van der Waals surface area contributed by atoms with E-state index in [1.807, 2.05) is 13.0 Å². The third kappa shape index (κ3) is 2.59. The number of carbonyl (C=O) groups is 1. The number of aldehydes is 1. The van der Waals surface area contributed by atoms with Gasteiger partial charge >= 0.3 is 0 Å². The van der Waals surface area contributed by atoms with Crippen LogP contribution in [-0.4, -0.2) is 22.2 Å². The third-order valence-corrected chi connectivity index (χ3v) is 9.96. The SMILES string of the molecule is C[C@@]1(O)CC[C@]2(C)C3CC[C@]4(C)C(c5cc(C=O)no5)CCC4C3CC[C@H]2C1. The van der Waals surface area contributed by atoms with E-state index in [1.165, 1.54) is 38.5 Å². The van der Waals surface area contributed by atoms with E-state index in [0.717, 1.165) is 49.1 Å². The predicted molar refractivity (Wildman–Crippen MR) is 107 cm³/mol. The van der Waals surface area contributed by atoms with Crippen molar-refractivity contribution in [3.05, 3.63) is 17.5 Å². The molecular weight excluding hydrogens is 350 g/mol. The van der Waals surface area contributed by atoms with E-state index >= 15 is 0 Å². The molecule has 0 aliphatic heterocycles. The summed E-state index contributed by atoms with van der Waals surface area (Å²) in [5.41, 5.74) is 0.644. The number of hydrogen-bond acceptors (Lipinski definition) is 4. The van der Waals surface area contributed by atoms with E-state index in [-0.39, 0.29) is 5.41 Å². The number of fused-ring (bicyclic) bond motifs is 5. The first-order valence-electron chi connectivity index (χ1n) is 11.4. The molecule has 1 aromatic heterocycles. The average Bonchev–Trinajstić information content (AvgIpc) is 3.25. The maximum Gasteiger partial charge on any atom is 0.171 e. The van der Waals surface area contributed by atoms with Crippen LogP contribution in [0.25, 0.3) is 0 Å². The summed E-state index contributed by atoms with van der Waals surface area (Å²) in [6.07, 6.45) is 11.5. The van der Waals surface area contributed by atoms with Gasteiger partial charge in [0, 0.05) is 12.0 Å². The van der Waals surface area contributed by atoms with Crippen LogP contribution in [0.15, 0.2) is 10.6 Å². The fraction of sp³-hybridized carbons (Fsp3) is 0.833. The van der Waals surface area contributed by atoms with Gasteiger partial charge in [-0.25, -0.2) is 0 Å². The molecular formula is C24H35NO3. The largest absolute Gasteiger partial charge is 0.390 e. The molecule has 5 rings (SSSR count). The third-order valence-electron chi connectivity index (χ3n) is 9.96. The van der Waals surface area contributed by atoms with Crippen LogP contribution in [0.4, 0.5) is 0 Å². The van der Waals surface area contributed by atoms with E-state index in [9.17, 15) is 9.90 Å². The van der Waals surface area contributed by atoms with Gasteiger partial charge in [-0.2, -0.15) is 0 Å². The Labute approximate surface area is 168 Å². The Morgan fingerprint density at radius 1 is 1.04 bits per heavy atom. The average molecular weight is 386 g/mol. The lowest BCUT2D eigenvalue weighted by Crippen LogP contribution is -2.55. The van der Waals surface area contributed by atoms with Gasteiger partial charge in [-0.3, -0.25) is 4.79 Å². The first-order valence-corrected chi connectivity index (χ1v) is 11.4. The zero-order valence-electron chi connectivity index (χ0n) is 17.6. The second kappa shape index (κ2) is 6.17. The maximum atomic E-state index is 11.1. The van der Waals surface area contributed by atoms with Gasteiger partial charge in [0.05, 0.1) is 5.60 Å². The fourth-order valence-corrected chi connectivity index (χ4v) is 8.42. The summed E-state index contributed by atoms with van der Waals surface area (Å²) in [7, 11) is 0. The Kier molecular flexibility index (Phi) is 4.15. The molecule has 28 heavy (non-hydrogen) atoms. The molecule has 4 nitrogen and oxygen atoms in total. The summed E-state index contributed by atoms with van der Waals surface area (Å²) >= 11 is 0. The highest BCUT2D eigenvalue weighted by Crippen LogP contribution is 2.69. The molecule has 1 N–H and O–H groups in total. The highest BCUT2D eigenvalue weighted by Gasteiger charge is 2.61. The van der Waals surface area contributed by atoms with Crippen LogP contribution in [-0.2, 0) is 0 Å². The van der Waals surface area contributed by atoms with Crippen LogP contribution in [0.5, 0.6) is 0 Å². The molecule has 0 amide bonds. The van der Waals surface area contributed by atoms with E-state index in [1.54, 1.807) is 0 Å². The second-order valence-electron chi connectivity index (χ2n) is 11.3. The summed E-state index contributed by atoms with van der Waals surface area (Å²) < 4.78 is 5.61. The summed E-state index contributed by atoms with van der Waals surface area (Å²) in [4.78, 5) is 11.1. The van der Waals surface area contributed by atoms with Crippen LogP contribution in [0, 0.1) is 34.5 Å². The summed E-state index contributed by atoms with van der Waals surface area (Å²) in [6, 6.07) is 1.87. The van der Waals surface area contributed by atoms with E-state index in [4.69, 9.17) is 4.52 Å². The molecule has 0 saturated heterocycles. The number of aromatic nitrogens is 1. The van der Waals surface area contributed by atoms with Crippen LogP contribution >= 0.6 is 0 Å². The van der Waals surface area contributed by atoms with Gasteiger partial charge in [-0.05, 0) is 99.2 Å². The Morgan fingerprint density at radius 2 is 1.82 bits per heavy atom. The molecule has 4 saturated carbocycles. The molecule has 0 spiro atoms. The predicted octanol–water partition coefficient (Wildman–Crippen LogP) is 5.36. The van der Waals surface area contributed by atoms with Crippen molar-refractivity contribution < 1.29 is 14.4 Å². The highest BCUT2D eigenvalue weighted by atomic mass is 16.5. The van der Waals surface area contributed by atoms with Crippen LogP contribution in [0.1, 0.15) is 101 Å². The first kappa shape index (κ1) is 18.8. The number of nitrogens with zero attached hydrogens (tertiary/aromatic N) is 1. The minimum atomic E-state index is -0.457. The minimum Gasteiger partial charge on any atom is -0.390 e. The fourth-order valence-electron chi connectivity index (χ4n) is 8.42. The van der Waals surface area contributed by atoms with Gasteiger partial charge in [-0.15, -0.1) is 0 Å². The molecule has 1 aromatic rings. The lowest BCUT2D eigenvalue weighted by molar-refractivity contribution is -0.144. The second-order valence-corrected chi connectivity index (χ2v) is 11.3. The summed E-state index contributed by atoms with van der Waals surface area (Å²) in [5.74, 6) is 4.38. The van der Waals surface area contributed by atoms with Crippen molar-refractivity contribution in [3.8, 4) is 0 Å². The molecule has 4 heteroatoms. The van der Waals surface area contributed by atoms with Crippen molar-refractivity contribution >= 4 is 6.29 Å². The molecule has 154 valence electrons. The Hall–Kier alpha value is -1.16. The molecule has 4 aliphatic carbocycles. The van der Waals surface area contributed by atoms with Gasteiger partial charge in [0.1, 0.15) is 11.5 Å². The monoisotopic (exact) mass is 385 g/mol. The quantitative estimate of drug-likeness (QED) is 0.696. The molecule has 4 aliphatic rings. The van der Waals surface area contributed by atoms with Gasteiger partial charge in [0.2, 0.25) is 0 Å². The number of rotatable bonds is 2. The Bertz CT molecular complexity index is 770. The summed E-state index contributed by atoms with van der Waals surface area (Å²) in [5, 5.41) is 14.6. The molecule has 8 atom stereocenters. The molecule has 4 unspecified atom stereocenters. The molecule has 0 aromatic carbocycles. The van der Waals surface area contributed by atoms with Crippen molar-refractivity contribution in [2.75, 3.05) is 0 Å². The van der Waals surface area contributed by atoms with Crippen LogP contribution < -0.4 is 0 Å². The zero-order valence-corrected chi connectivity index (χ0v) is 17.6. The van der Waals surface area contributed by atoms with Crippen molar-refractivity contribution in [1.82, 2.24) is 5.16 Å². The maximum absolute atomic E-state index is 11.1. The molecule has 4 fully saturated rings. The van der Waals surface area contributed by atoms with Crippen molar-refractivity contribution in [3.63, 3.8) is 0 Å². The zero-order chi connectivity index (χ0) is 19.7. The van der Waals surface area contributed by atoms with E-state index < -0.39 is 5.60 Å². The van der Waals surface area contributed by atoms with Crippen molar-refractivity contribution in [2.45, 2.75) is 90.1 Å². The smallest absolute Gasteiger partial charge is 0.171 e. The van der Waals surface area contributed by atoms with Crippen molar-refractivity contribution in [2.24, 2.45) is 34.5 Å². The highest BCUT2D eigenvalue weighted by molar-refractivity contribution is 5.71. The standard InChI is InChI=1S/C24H35NO3/c1-22(27)10-11-23(2)15(13-22)4-5-17-18-6-7-20(21-12-16(14-26)25-28-21)24(18,3)9-8-19(17)23/h12,14-15,17-20,27H,4-11,13H2,1-3H3/t15-,17?,18?,19?,20?,22+,23-,24-/m0/s1. The lowest BCUT2D eigenvalue weighted by Gasteiger charge is -2.61. The molecule has 1 heterocycles. The Balaban J connectivity index is 1.41. The van der Waals surface area contributed by atoms with Crippen LogP contribution in [0.3, 0.4) is 0 Å². The van der Waals surface area contributed by atoms with E-state index in [2.05, 4.69) is 19.0 Å². The lowest BCUT2D eigenvalue weighted by atomic mass is 9.44. The first-order chi connectivity index (χ1) is 13.3. The molecule has 0 radical (unpaired) electrons. The van der Waals surface area contributed by atoms with E-state index in [0.29, 0.717) is 22.9 Å². The normalized spacial score (nSPS) is 50.5. The van der Waals surface area contributed by atoms with Gasteiger partial charge in [0.25, 0.3) is 0 Å². The van der Waals surface area contributed by atoms with Gasteiger partial charge in [0.15, 0.2) is 6.29 Å². The topological polar surface area (TPSA) is 63.3 Å². The van der Waals surface area contributed by atoms with Gasteiger partial charge < -0.3 is 9.63 Å². The Morgan fingerprint density at radius 3 is 2.57 bits per heavy atom.